The van der Waals surface area contributed by atoms with E-state index in [2.05, 4.69) is 21.4 Å². The molecule has 0 aliphatic carbocycles. The zero-order chi connectivity index (χ0) is 23.0. The van der Waals surface area contributed by atoms with Crippen LogP contribution in [0.15, 0.2) is 72.8 Å². The summed E-state index contributed by atoms with van der Waals surface area (Å²) in [6.07, 6.45) is 3.04. The number of carbonyl (C=O) groups excluding carboxylic acids is 1. The van der Waals surface area contributed by atoms with Crippen LogP contribution in [0.5, 0.6) is 11.5 Å². The van der Waals surface area contributed by atoms with Crippen molar-refractivity contribution >= 4 is 17.0 Å². The zero-order valence-corrected chi connectivity index (χ0v) is 19.0. The van der Waals surface area contributed by atoms with Crippen molar-refractivity contribution in [1.29, 1.82) is 0 Å². The Morgan fingerprint density at radius 2 is 1.73 bits per heavy atom. The Morgan fingerprint density at radius 1 is 0.879 bits per heavy atom. The lowest BCUT2D eigenvalue weighted by atomic mass is 10.2. The summed E-state index contributed by atoms with van der Waals surface area (Å²) in [6.45, 7) is 0.589. The van der Waals surface area contributed by atoms with Gasteiger partial charge in [-0.25, -0.2) is 4.98 Å². The minimum absolute atomic E-state index is 0.165. The fourth-order valence-electron chi connectivity index (χ4n) is 3.78. The van der Waals surface area contributed by atoms with Crippen LogP contribution in [0.25, 0.3) is 28.1 Å². The lowest BCUT2D eigenvalue weighted by Crippen LogP contribution is -2.01. The van der Waals surface area contributed by atoms with Gasteiger partial charge in [0.15, 0.2) is 0 Å². The van der Waals surface area contributed by atoms with Crippen LogP contribution >= 0.6 is 0 Å². The summed E-state index contributed by atoms with van der Waals surface area (Å²) in [4.78, 5) is 16.1. The molecule has 4 rings (SSSR count). The van der Waals surface area contributed by atoms with E-state index in [9.17, 15) is 4.79 Å². The summed E-state index contributed by atoms with van der Waals surface area (Å²) < 4.78 is 18.3. The standard InChI is InChI=1S/C27H28N2O4/c1-31-22-13-9-12-21(18-22)29-25-19-23(33-17-8-4-7-14-26(30)32-2)15-16-24(25)28-27(29)20-10-5-3-6-11-20/h3,5-6,9-13,15-16,18-19H,4,7-8,14,17H2,1-2H3. The van der Waals surface area contributed by atoms with E-state index < -0.39 is 0 Å². The van der Waals surface area contributed by atoms with Gasteiger partial charge in [-0.15, -0.1) is 0 Å². The molecule has 4 aromatic rings. The number of carbonyl (C=O) groups is 1. The van der Waals surface area contributed by atoms with Crippen LogP contribution in [-0.4, -0.2) is 36.3 Å². The molecule has 0 saturated heterocycles. The molecule has 0 N–H and O–H groups in total. The number of methoxy groups -OCH3 is 2. The van der Waals surface area contributed by atoms with Crippen molar-refractivity contribution in [1.82, 2.24) is 9.55 Å². The second-order valence-corrected chi connectivity index (χ2v) is 7.72. The van der Waals surface area contributed by atoms with Crippen molar-refractivity contribution < 1.29 is 19.0 Å². The Labute approximate surface area is 193 Å². The van der Waals surface area contributed by atoms with Gasteiger partial charge in [-0.1, -0.05) is 36.4 Å². The summed E-state index contributed by atoms with van der Waals surface area (Å²) in [5, 5.41) is 0. The second-order valence-electron chi connectivity index (χ2n) is 7.72. The number of rotatable bonds is 10. The van der Waals surface area contributed by atoms with Gasteiger partial charge in [-0.05, 0) is 43.5 Å². The SMILES string of the molecule is COC(=O)CCCCCOc1ccc2nc(-c3ccccc3)n(-c3cccc(OC)c3)c2c1. The fourth-order valence-corrected chi connectivity index (χ4v) is 3.78. The van der Waals surface area contributed by atoms with E-state index in [4.69, 9.17) is 14.5 Å². The van der Waals surface area contributed by atoms with Gasteiger partial charge >= 0.3 is 5.97 Å². The Morgan fingerprint density at radius 3 is 2.52 bits per heavy atom. The topological polar surface area (TPSA) is 62.6 Å². The Bertz CT molecular complexity index is 1220. The average Bonchev–Trinajstić information content (AvgIpc) is 3.25. The normalized spacial score (nSPS) is 10.8. The molecule has 0 bridgehead atoms. The Hall–Kier alpha value is -3.80. The molecule has 6 nitrogen and oxygen atoms in total. The van der Waals surface area contributed by atoms with Crippen LogP contribution in [0, 0.1) is 0 Å². The predicted octanol–water partition coefficient (Wildman–Crippen LogP) is 5.81. The van der Waals surface area contributed by atoms with Crippen molar-refractivity contribution in [2.45, 2.75) is 25.7 Å². The van der Waals surface area contributed by atoms with Gasteiger partial charge in [0.2, 0.25) is 0 Å². The highest BCUT2D eigenvalue weighted by molar-refractivity contribution is 5.84. The van der Waals surface area contributed by atoms with Gasteiger partial charge in [0, 0.05) is 24.1 Å². The smallest absolute Gasteiger partial charge is 0.305 e. The van der Waals surface area contributed by atoms with Gasteiger partial charge in [-0.2, -0.15) is 0 Å². The van der Waals surface area contributed by atoms with Crippen LogP contribution < -0.4 is 9.47 Å². The van der Waals surface area contributed by atoms with Crippen LogP contribution in [-0.2, 0) is 9.53 Å². The van der Waals surface area contributed by atoms with E-state index in [0.717, 1.165) is 58.9 Å². The minimum atomic E-state index is -0.165. The van der Waals surface area contributed by atoms with Gasteiger partial charge in [-0.3, -0.25) is 9.36 Å². The van der Waals surface area contributed by atoms with E-state index in [1.165, 1.54) is 7.11 Å². The number of benzene rings is 3. The summed E-state index contributed by atoms with van der Waals surface area (Å²) in [6, 6.07) is 24.1. The number of imidazole rings is 1. The zero-order valence-electron chi connectivity index (χ0n) is 19.0. The number of esters is 1. The number of nitrogens with zero attached hydrogens (tertiary/aromatic N) is 2. The first kappa shape index (κ1) is 22.4. The third-order valence-corrected chi connectivity index (χ3v) is 5.49. The molecule has 3 aromatic carbocycles. The molecule has 0 atom stereocenters. The van der Waals surface area contributed by atoms with Gasteiger partial charge < -0.3 is 14.2 Å². The molecule has 0 saturated carbocycles. The maximum atomic E-state index is 11.2. The molecule has 0 aliphatic heterocycles. The van der Waals surface area contributed by atoms with Crippen LogP contribution in [0.4, 0.5) is 0 Å². The summed E-state index contributed by atoms with van der Waals surface area (Å²) in [5.74, 6) is 2.27. The molecule has 170 valence electrons. The highest BCUT2D eigenvalue weighted by Gasteiger charge is 2.15. The Balaban J connectivity index is 1.61. The Kier molecular flexibility index (Phi) is 7.25. The van der Waals surface area contributed by atoms with Gasteiger partial charge in [0.25, 0.3) is 0 Å². The maximum Gasteiger partial charge on any atom is 0.305 e. The molecular weight excluding hydrogens is 416 g/mol. The van der Waals surface area contributed by atoms with E-state index in [1.54, 1.807) is 7.11 Å². The van der Waals surface area contributed by atoms with Crippen LogP contribution in [0.1, 0.15) is 25.7 Å². The first-order valence-electron chi connectivity index (χ1n) is 11.1. The lowest BCUT2D eigenvalue weighted by molar-refractivity contribution is -0.140. The molecule has 0 aliphatic rings. The first-order chi connectivity index (χ1) is 16.2. The molecule has 33 heavy (non-hydrogen) atoms. The van der Waals surface area contributed by atoms with Crippen molar-refractivity contribution in [3.8, 4) is 28.6 Å². The summed E-state index contributed by atoms with van der Waals surface area (Å²) in [5.41, 5.74) is 3.85. The predicted molar refractivity (Wildman–Crippen MR) is 129 cm³/mol. The van der Waals surface area contributed by atoms with Crippen molar-refractivity contribution in [3.05, 3.63) is 72.8 Å². The third-order valence-electron chi connectivity index (χ3n) is 5.49. The first-order valence-corrected chi connectivity index (χ1v) is 11.1. The van der Waals surface area contributed by atoms with E-state index in [-0.39, 0.29) is 5.97 Å². The molecule has 1 aromatic heterocycles. The second kappa shape index (κ2) is 10.7. The molecule has 0 radical (unpaired) electrons. The highest BCUT2D eigenvalue weighted by atomic mass is 16.5. The number of ether oxygens (including phenoxy) is 3. The number of aromatic nitrogens is 2. The largest absolute Gasteiger partial charge is 0.497 e. The molecule has 1 heterocycles. The number of unbranched alkanes of at least 4 members (excludes halogenated alkanes) is 2. The van der Waals surface area contributed by atoms with E-state index >= 15 is 0 Å². The van der Waals surface area contributed by atoms with E-state index in [1.807, 2.05) is 60.7 Å². The molecule has 0 spiro atoms. The lowest BCUT2D eigenvalue weighted by Gasteiger charge is -2.12. The monoisotopic (exact) mass is 444 g/mol. The van der Waals surface area contributed by atoms with Gasteiger partial charge in [0.1, 0.15) is 17.3 Å². The molecule has 0 fully saturated rings. The molecule has 6 heteroatoms. The van der Waals surface area contributed by atoms with Crippen molar-refractivity contribution in [2.24, 2.45) is 0 Å². The average molecular weight is 445 g/mol. The van der Waals surface area contributed by atoms with Crippen molar-refractivity contribution in [2.75, 3.05) is 20.8 Å². The van der Waals surface area contributed by atoms with Crippen molar-refractivity contribution in [3.63, 3.8) is 0 Å². The number of fused-ring (bicyclic) bond motifs is 1. The maximum absolute atomic E-state index is 11.2. The van der Waals surface area contributed by atoms with Crippen LogP contribution in [0.3, 0.4) is 0 Å². The highest BCUT2D eigenvalue weighted by Crippen LogP contribution is 2.32. The van der Waals surface area contributed by atoms with Gasteiger partial charge in [0.05, 0.1) is 37.5 Å². The minimum Gasteiger partial charge on any atom is -0.497 e. The van der Waals surface area contributed by atoms with Crippen LogP contribution in [0.2, 0.25) is 0 Å². The molecule has 0 amide bonds. The van der Waals surface area contributed by atoms with E-state index in [0.29, 0.717) is 13.0 Å². The molecule has 0 unspecified atom stereocenters. The number of hydrogen-bond donors (Lipinski definition) is 0. The molecular formula is C27H28N2O4. The fraction of sp³-hybridized carbons (Fsp3) is 0.259. The third kappa shape index (κ3) is 5.34. The quantitative estimate of drug-likeness (QED) is 0.228. The number of hydrogen-bond acceptors (Lipinski definition) is 5. The summed E-state index contributed by atoms with van der Waals surface area (Å²) >= 11 is 0. The summed E-state index contributed by atoms with van der Waals surface area (Å²) in [7, 11) is 3.08.